The van der Waals surface area contributed by atoms with Gasteiger partial charge in [0.25, 0.3) is 5.91 Å². The summed E-state index contributed by atoms with van der Waals surface area (Å²) in [7, 11) is 3.46. The lowest BCUT2D eigenvalue weighted by Gasteiger charge is -2.22. The second-order valence-electron chi connectivity index (χ2n) is 7.99. The summed E-state index contributed by atoms with van der Waals surface area (Å²) in [6, 6.07) is 6.44. The molecule has 0 unspecified atom stereocenters. The summed E-state index contributed by atoms with van der Waals surface area (Å²) in [5, 5.41) is 13.2. The van der Waals surface area contributed by atoms with Crippen molar-refractivity contribution >= 4 is 22.6 Å². The second-order valence-corrected chi connectivity index (χ2v) is 7.99. The molecule has 32 heavy (non-hydrogen) atoms. The maximum absolute atomic E-state index is 13.0. The van der Waals surface area contributed by atoms with Crippen LogP contribution in [0.3, 0.4) is 0 Å². The van der Waals surface area contributed by atoms with Crippen LogP contribution in [-0.2, 0) is 30.0 Å². The molecule has 172 valence electrons. The van der Waals surface area contributed by atoms with E-state index in [0.717, 1.165) is 24.4 Å². The molecule has 7 nitrogen and oxygen atoms in total. The molecule has 0 radical (unpaired) electrons. The number of nitrogens with one attached hydrogen (secondary N) is 1. The van der Waals surface area contributed by atoms with Crippen LogP contribution in [0.25, 0.3) is 11.0 Å². The van der Waals surface area contributed by atoms with Gasteiger partial charge in [0, 0.05) is 38.4 Å². The number of nitrogens with zero attached hydrogens (tertiary/aromatic N) is 3. The zero-order chi connectivity index (χ0) is 23.7. The van der Waals surface area contributed by atoms with E-state index < -0.39 is 23.4 Å². The highest BCUT2D eigenvalue weighted by molar-refractivity contribution is 6.04. The smallest absolute Gasteiger partial charge is 0.386 e. The fourth-order valence-corrected chi connectivity index (χ4v) is 3.40. The molecule has 3 rings (SSSR count). The number of alkyl halides is 3. The second kappa shape index (κ2) is 8.87. The minimum absolute atomic E-state index is 0.264. The highest BCUT2D eigenvalue weighted by Crippen LogP contribution is 2.33. The first kappa shape index (κ1) is 23.7. The number of aryl methyl sites for hydroxylation is 2. The molecular weight excluding hydrogens is 425 g/mol. The molecule has 0 bridgehead atoms. The number of halogens is 3. The summed E-state index contributed by atoms with van der Waals surface area (Å²) >= 11 is 0. The molecule has 0 fully saturated rings. The van der Waals surface area contributed by atoms with Crippen molar-refractivity contribution in [3.8, 4) is 0 Å². The molecule has 2 aromatic heterocycles. The number of aromatic nitrogens is 3. The van der Waals surface area contributed by atoms with Crippen LogP contribution in [0.2, 0.25) is 0 Å². The molecule has 3 aromatic rings. The zero-order valence-corrected chi connectivity index (χ0v) is 18.2. The normalized spacial score (nSPS) is 12.4. The average Bonchev–Trinajstić information content (AvgIpc) is 3.01. The third kappa shape index (κ3) is 5.08. The lowest BCUT2D eigenvalue weighted by molar-refractivity contribution is -0.141. The first-order valence-electron chi connectivity index (χ1n) is 9.98. The van der Waals surface area contributed by atoms with Gasteiger partial charge < -0.3 is 19.7 Å². The Balaban J connectivity index is 2.01. The van der Waals surface area contributed by atoms with Crippen LogP contribution < -0.4 is 5.32 Å². The number of carbonyl (C=O) groups excluding carboxylic acids is 1. The van der Waals surface area contributed by atoms with Crippen LogP contribution in [0.4, 0.5) is 18.9 Å². The van der Waals surface area contributed by atoms with Crippen molar-refractivity contribution in [1.82, 2.24) is 14.5 Å². The molecule has 0 aliphatic rings. The summed E-state index contributed by atoms with van der Waals surface area (Å²) in [4.78, 5) is 20.8. The number of aliphatic hydroxyl groups is 1. The maximum atomic E-state index is 13.0. The van der Waals surface area contributed by atoms with Crippen LogP contribution >= 0.6 is 0 Å². The Bertz CT molecular complexity index is 1130. The molecule has 2 N–H and O–H groups in total. The number of hydrogen-bond acceptors (Lipinski definition) is 5. The molecule has 10 heteroatoms. The average molecular weight is 450 g/mol. The third-order valence-corrected chi connectivity index (χ3v) is 5.04. The third-order valence-electron chi connectivity index (χ3n) is 5.04. The number of benzene rings is 1. The number of rotatable bonds is 7. The minimum atomic E-state index is -4.67. The standard InChI is InChI=1S/C22H25F3N4O3/c1-21(2,31)13-11-16-17(29(3)19(27-16)9-6-10-32-4)12-15(13)28-20(30)14-7-5-8-18(26-14)22(23,24)25/h5,7-8,11-12,31H,6,9-10H2,1-4H3,(H,28,30). The van der Waals surface area contributed by atoms with Gasteiger partial charge in [-0.15, -0.1) is 0 Å². The van der Waals surface area contributed by atoms with Crippen LogP contribution in [0.15, 0.2) is 30.3 Å². The van der Waals surface area contributed by atoms with Crippen molar-refractivity contribution in [2.75, 3.05) is 19.0 Å². The largest absolute Gasteiger partial charge is 0.433 e. The fraction of sp³-hybridized carbons (Fsp3) is 0.409. The van der Waals surface area contributed by atoms with E-state index in [1.807, 2.05) is 11.6 Å². The molecule has 1 aromatic carbocycles. The van der Waals surface area contributed by atoms with Gasteiger partial charge in [-0.05, 0) is 44.5 Å². The SMILES string of the molecule is COCCCc1nc2cc(C(C)(C)O)c(NC(=O)c3cccc(C(F)(F)F)n3)cc2n1C. The monoisotopic (exact) mass is 450 g/mol. The number of imidazole rings is 1. The van der Waals surface area contributed by atoms with Crippen LogP contribution in [0.5, 0.6) is 0 Å². The van der Waals surface area contributed by atoms with E-state index in [1.54, 1.807) is 33.1 Å². The summed E-state index contributed by atoms with van der Waals surface area (Å²) < 4.78 is 45.9. The molecule has 0 spiro atoms. The molecular formula is C22H25F3N4O3. The molecule has 0 aliphatic heterocycles. The summed E-state index contributed by atoms with van der Waals surface area (Å²) in [5.74, 6) is -0.00907. The van der Waals surface area contributed by atoms with Crippen molar-refractivity contribution in [3.63, 3.8) is 0 Å². The van der Waals surface area contributed by atoms with Gasteiger partial charge in [-0.2, -0.15) is 13.2 Å². The highest BCUT2D eigenvalue weighted by Gasteiger charge is 2.33. The molecule has 2 heterocycles. The first-order valence-corrected chi connectivity index (χ1v) is 9.98. The van der Waals surface area contributed by atoms with E-state index in [4.69, 9.17) is 4.74 Å². The Hall–Kier alpha value is -2.98. The Kier molecular flexibility index (Phi) is 6.56. The van der Waals surface area contributed by atoms with Gasteiger partial charge >= 0.3 is 6.18 Å². The van der Waals surface area contributed by atoms with E-state index in [-0.39, 0.29) is 11.4 Å². The van der Waals surface area contributed by atoms with Gasteiger partial charge in [0.1, 0.15) is 17.2 Å². The van der Waals surface area contributed by atoms with Crippen LogP contribution in [0, 0.1) is 0 Å². The van der Waals surface area contributed by atoms with Gasteiger partial charge in [-0.25, -0.2) is 9.97 Å². The molecule has 0 atom stereocenters. The van der Waals surface area contributed by atoms with E-state index in [2.05, 4.69) is 15.3 Å². The number of fused-ring (bicyclic) bond motifs is 1. The molecule has 0 saturated carbocycles. The molecule has 1 amide bonds. The fourth-order valence-electron chi connectivity index (χ4n) is 3.40. The Labute approximate surface area is 183 Å². The lowest BCUT2D eigenvalue weighted by atomic mass is 9.95. The van der Waals surface area contributed by atoms with E-state index in [1.165, 1.54) is 6.07 Å². The number of pyridine rings is 1. The highest BCUT2D eigenvalue weighted by atomic mass is 19.4. The predicted molar refractivity (Wildman–Crippen MR) is 113 cm³/mol. The number of carbonyl (C=O) groups is 1. The Morgan fingerprint density at radius 2 is 1.94 bits per heavy atom. The number of ether oxygens (including phenoxy) is 1. The van der Waals surface area contributed by atoms with Crippen LogP contribution in [-0.4, -0.2) is 39.3 Å². The lowest BCUT2D eigenvalue weighted by Crippen LogP contribution is -2.22. The van der Waals surface area contributed by atoms with Gasteiger partial charge in [-0.3, -0.25) is 4.79 Å². The Morgan fingerprint density at radius 3 is 2.56 bits per heavy atom. The van der Waals surface area contributed by atoms with E-state index >= 15 is 0 Å². The topological polar surface area (TPSA) is 89.3 Å². The van der Waals surface area contributed by atoms with Crippen molar-refractivity contribution in [1.29, 1.82) is 0 Å². The van der Waals surface area contributed by atoms with Gasteiger partial charge in [-0.1, -0.05) is 6.07 Å². The number of hydrogen-bond donors (Lipinski definition) is 2. The van der Waals surface area contributed by atoms with Crippen molar-refractivity contribution in [3.05, 3.63) is 53.1 Å². The number of methoxy groups -OCH3 is 1. The number of amides is 1. The molecule has 0 aliphatic carbocycles. The summed E-state index contributed by atoms with van der Waals surface area (Å²) in [5.41, 5.74) is -0.897. The van der Waals surface area contributed by atoms with Gasteiger partial charge in [0.2, 0.25) is 0 Å². The van der Waals surface area contributed by atoms with Crippen LogP contribution in [0.1, 0.15) is 47.8 Å². The summed E-state index contributed by atoms with van der Waals surface area (Å²) in [6.45, 7) is 3.69. The predicted octanol–water partition coefficient (Wildman–Crippen LogP) is 4.05. The van der Waals surface area contributed by atoms with Crippen molar-refractivity contribution in [2.24, 2.45) is 7.05 Å². The molecule has 0 saturated heterocycles. The van der Waals surface area contributed by atoms with E-state index in [9.17, 15) is 23.1 Å². The van der Waals surface area contributed by atoms with Gasteiger partial charge in [0.15, 0.2) is 0 Å². The maximum Gasteiger partial charge on any atom is 0.433 e. The zero-order valence-electron chi connectivity index (χ0n) is 18.2. The number of anilines is 1. The quantitative estimate of drug-likeness (QED) is 0.531. The summed E-state index contributed by atoms with van der Waals surface area (Å²) in [6.07, 6.45) is -3.22. The Morgan fingerprint density at radius 1 is 1.22 bits per heavy atom. The van der Waals surface area contributed by atoms with Crippen molar-refractivity contribution in [2.45, 2.75) is 38.5 Å². The van der Waals surface area contributed by atoms with E-state index in [0.29, 0.717) is 29.6 Å². The van der Waals surface area contributed by atoms with Gasteiger partial charge in [0.05, 0.1) is 16.6 Å². The first-order chi connectivity index (χ1) is 14.9. The van der Waals surface area contributed by atoms with Crippen molar-refractivity contribution < 1.29 is 27.8 Å². The minimum Gasteiger partial charge on any atom is -0.386 e.